The Kier molecular flexibility index (Phi) is 5.29. The van der Waals surface area contributed by atoms with Crippen LogP contribution in [-0.4, -0.2) is 5.97 Å². The highest BCUT2D eigenvalue weighted by Gasteiger charge is 2.25. The maximum Gasteiger partial charge on any atom is 0.347 e. The SMILES string of the molecule is CC(C)(Oc1ccccc1C(=O)Oc1ccccc1Cl)c1ccccc1. The van der Waals surface area contributed by atoms with Gasteiger partial charge in [-0.3, -0.25) is 0 Å². The van der Waals surface area contributed by atoms with Gasteiger partial charge in [0.2, 0.25) is 0 Å². The fourth-order valence-electron chi connectivity index (χ4n) is 2.58. The van der Waals surface area contributed by atoms with Crippen LogP contribution in [0.25, 0.3) is 0 Å². The summed E-state index contributed by atoms with van der Waals surface area (Å²) in [5, 5.41) is 0.379. The second-order valence-corrected chi connectivity index (χ2v) is 6.70. The third kappa shape index (κ3) is 4.06. The van der Waals surface area contributed by atoms with E-state index in [0.717, 1.165) is 5.56 Å². The molecule has 0 spiro atoms. The van der Waals surface area contributed by atoms with Crippen molar-refractivity contribution in [1.82, 2.24) is 0 Å². The molecule has 3 nitrogen and oxygen atoms in total. The van der Waals surface area contributed by atoms with Gasteiger partial charge in [-0.15, -0.1) is 0 Å². The van der Waals surface area contributed by atoms with Crippen LogP contribution in [0.1, 0.15) is 29.8 Å². The molecule has 132 valence electrons. The molecule has 0 atom stereocenters. The van der Waals surface area contributed by atoms with Gasteiger partial charge in [-0.1, -0.05) is 66.2 Å². The second kappa shape index (κ2) is 7.63. The van der Waals surface area contributed by atoms with Gasteiger partial charge in [0.25, 0.3) is 0 Å². The standard InChI is InChI=1S/C22H19ClO3/c1-22(2,16-10-4-3-5-11-16)26-19-14-8-6-12-17(19)21(24)25-20-15-9-7-13-18(20)23/h3-15H,1-2H3. The number of esters is 1. The van der Waals surface area contributed by atoms with Gasteiger partial charge < -0.3 is 9.47 Å². The van der Waals surface area contributed by atoms with Crippen LogP contribution in [0.5, 0.6) is 11.5 Å². The van der Waals surface area contributed by atoms with E-state index in [1.54, 1.807) is 42.5 Å². The summed E-state index contributed by atoms with van der Waals surface area (Å²) >= 11 is 6.07. The van der Waals surface area contributed by atoms with Gasteiger partial charge in [-0.2, -0.15) is 0 Å². The first kappa shape index (κ1) is 18.0. The Labute approximate surface area is 158 Å². The quantitative estimate of drug-likeness (QED) is 0.418. The van der Waals surface area contributed by atoms with Crippen molar-refractivity contribution in [2.75, 3.05) is 0 Å². The van der Waals surface area contributed by atoms with E-state index in [9.17, 15) is 4.79 Å². The minimum atomic E-state index is -0.609. The molecule has 0 radical (unpaired) electrons. The predicted molar refractivity (Wildman–Crippen MR) is 103 cm³/mol. The Morgan fingerprint density at radius 3 is 2.08 bits per heavy atom. The average Bonchev–Trinajstić information content (AvgIpc) is 2.64. The van der Waals surface area contributed by atoms with E-state index in [1.165, 1.54) is 0 Å². The van der Waals surface area contributed by atoms with Crippen LogP contribution in [0.2, 0.25) is 5.02 Å². The van der Waals surface area contributed by atoms with Gasteiger partial charge in [-0.05, 0) is 43.7 Å². The third-order valence-corrected chi connectivity index (χ3v) is 4.29. The van der Waals surface area contributed by atoms with Crippen molar-refractivity contribution in [1.29, 1.82) is 0 Å². The summed E-state index contributed by atoms with van der Waals surface area (Å²) in [6.07, 6.45) is 0. The van der Waals surface area contributed by atoms with Crippen LogP contribution in [0.3, 0.4) is 0 Å². The lowest BCUT2D eigenvalue weighted by Crippen LogP contribution is -2.26. The molecular formula is C22H19ClO3. The van der Waals surface area contributed by atoms with E-state index < -0.39 is 11.6 Å². The first-order chi connectivity index (χ1) is 12.5. The molecule has 0 N–H and O–H groups in total. The van der Waals surface area contributed by atoms with Crippen LogP contribution >= 0.6 is 11.6 Å². The average molecular weight is 367 g/mol. The summed E-state index contributed by atoms with van der Waals surface area (Å²) in [5.41, 5.74) is 0.743. The molecule has 0 bridgehead atoms. The molecule has 0 saturated carbocycles. The maximum atomic E-state index is 12.6. The monoisotopic (exact) mass is 366 g/mol. The zero-order chi connectivity index (χ0) is 18.6. The van der Waals surface area contributed by atoms with Crippen LogP contribution in [-0.2, 0) is 5.60 Å². The lowest BCUT2D eigenvalue weighted by molar-refractivity contribution is 0.0709. The highest BCUT2D eigenvalue weighted by atomic mass is 35.5. The summed E-state index contributed by atoms with van der Waals surface area (Å²) in [4.78, 5) is 12.6. The van der Waals surface area contributed by atoms with Gasteiger partial charge in [0.05, 0.1) is 5.02 Å². The lowest BCUT2D eigenvalue weighted by Gasteiger charge is -2.28. The molecule has 3 aromatic rings. The molecule has 0 aliphatic rings. The lowest BCUT2D eigenvalue weighted by atomic mass is 9.98. The van der Waals surface area contributed by atoms with E-state index in [-0.39, 0.29) is 0 Å². The minimum absolute atomic E-state index is 0.316. The van der Waals surface area contributed by atoms with Gasteiger partial charge >= 0.3 is 5.97 Å². The summed E-state index contributed by atoms with van der Waals surface area (Å²) in [6.45, 7) is 3.91. The molecule has 0 amide bonds. The molecule has 0 aliphatic heterocycles. The molecule has 0 aliphatic carbocycles. The number of carbonyl (C=O) groups excluding carboxylic acids is 1. The zero-order valence-electron chi connectivity index (χ0n) is 14.6. The third-order valence-electron chi connectivity index (χ3n) is 3.98. The van der Waals surface area contributed by atoms with E-state index in [1.807, 2.05) is 50.2 Å². The van der Waals surface area contributed by atoms with Gasteiger partial charge in [0.1, 0.15) is 22.7 Å². The highest BCUT2D eigenvalue weighted by Crippen LogP contribution is 2.31. The van der Waals surface area contributed by atoms with E-state index in [0.29, 0.717) is 22.1 Å². The Hall–Kier alpha value is -2.78. The van der Waals surface area contributed by atoms with Crippen LogP contribution in [0.15, 0.2) is 78.9 Å². The minimum Gasteiger partial charge on any atom is -0.482 e. The number of halogens is 1. The molecule has 0 saturated heterocycles. The smallest absolute Gasteiger partial charge is 0.347 e. The first-order valence-corrected chi connectivity index (χ1v) is 8.65. The zero-order valence-corrected chi connectivity index (χ0v) is 15.4. The Morgan fingerprint density at radius 2 is 1.38 bits per heavy atom. The molecule has 0 heterocycles. The molecule has 0 fully saturated rings. The summed E-state index contributed by atoms with van der Waals surface area (Å²) in [5.74, 6) is 0.257. The topological polar surface area (TPSA) is 35.5 Å². The fourth-order valence-corrected chi connectivity index (χ4v) is 2.75. The molecule has 0 unspecified atom stereocenters. The number of hydrogen-bond donors (Lipinski definition) is 0. The van der Waals surface area contributed by atoms with E-state index >= 15 is 0 Å². The first-order valence-electron chi connectivity index (χ1n) is 8.27. The van der Waals surface area contributed by atoms with Gasteiger partial charge in [0, 0.05) is 0 Å². The number of para-hydroxylation sites is 2. The fraction of sp³-hybridized carbons (Fsp3) is 0.136. The van der Waals surface area contributed by atoms with Crippen molar-refractivity contribution in [3.8, 4) is 11.5 Å². The van der Waals surface area contributed by atoms with Gasteiger partial charge in [-0.25, -0.2) is 4.79 Å². The summed E-state index contributed by atoms with van der Waals surface area (Å²) in [6, 6.07) is 23.7. The van der Waals surface area contributed by atoms with Crippen LogP contribution in [0, 0.1) is 0 Å². The number of benzene rings is 3. The van der Waals surface area contributed by atoms with Crippen LogP contribution < -0.4 is 9.47 Å². The molecule has 3 rings (SSSR count). The predicted octanol–water partition coefficient (Wildman–Crippen LogP) is 5.87. The van der Waals surface area contributed by atoms with Crippen molar-refractivity contribution in [2.24, 2.45) is 0 Å². The van der Waals surface area contributed by atoms with Crippen molar-refractivity contribution in [3.05, 3.63) is 95.0 Å². The maximum absolute atomic E-state index is 12.6. The highest BCUT2D eigenvalue weighted by molar-refractivity contribution is 6.32. The summed E-state index contributed by atoms with van der Waals surface area (Å²) in [7, 11) is 0. The Balaban J connectivity index is 1.86. The number of rotatable bonds is 5. The van der Waals surface area contributed by atoms with Crippen molar-refractivity contribution < 1.29 is 14.3 Å². The van der Waals surface area contributed by atoms with Crippen molar-refractivity contribution >= 4 is 17.6 Å². The molecule has 0 aromatic heterocycles. The number of hydrogen-bond acceptors (Lipinski definition) is 3. The van der Waals surface area contributed by atoms with E-state index in [2.05, 4.69) is 0 Å². The van der Waals surface area contributed by atoms with Crippen LogP contribution in [0.4, 0.5) is 0 Å². The number of ether oxygens (including phenoxy) is 2. The molecule has 3 aromatic carbocycles. The van der Waals surface area contributed by atoms with Crippen molar-refractivity contribution in [2.45, 2.75) is 19.4 Å². The molecular weight excluding hydrogens is 348 g/mol. The van der Waals surface area contributed by atoms with Crippen molar-refractivity contribution in [3.63, 3.8) is 0 Å². The van der Waals surface area contributed by atoms with E-state index in [4.69, 9.17) is 21.1 Å². The molecule has 26 heavy (non-hydrogen) atoms. The Bertz CT molecular complexity index is 904. The van der Waals surface area contributed by atoms with Gasteiger partial charge in [0.15, 0.2) is 0 Å². The molecule has 4 heteroatoms. The summed E-state index contributed by atoms with van der Waals surface area (Å²) < 4.78 is 11.6. The second-order valence-electron chi connectivity index (χ2n) is 6.29. The number of carbonyl (C=O) groups is 1. The largest absolute Gasteiger partial charge is 0.482 e. The normalized spacial score (nSPS) is 11.0. The Morgan fingerprint density at radius 1 is 0.808 bits per heavy atom.